The van der Waals surface area contributed by atoms with E-state index in [1.807, 2.05) is 20.8 Å². The van der Waals surface area contributed by atoms with E-state index in [4.69, 9.17) is 4.74 Å². The van der Waals surface area contributed by atoms with Crippen LogP contribution < -0.4 is 10.6 Å². The van der Waals surface area contributed by atoms with E-state index in [1.165, 1.54) is 6.42 Å². The molecule has 4 heteroatoms. The molecule has 2 atom stereocenters. The molecule has 0 radical (unpaired) electrons. The first kappa shape index (κ1) is 14.3. The van der Waals surface area contributed by atoms with Gasteiger partial charge >= 0.3 is 6.09 Å². The largest absolute Gasteiger partial charge is 0.444 e. The maximum atomic E-state index is 11.4. The molecular weight excluding hydrogens is 216 g/mol. The Morgan fingerprint density at radius 2 is 2.24 bits per heavy atom. The van der Waals surface area contributed by atoms with Crippen molar-refractivity contribution in [2.24, 2.45) is 11.8 Å². The van der Waals surface area contributed by atoms with Crippen molar-refractivity contribution >= 4 is 6.09 Å². The lowest BCUT2D eigenvalue weighted by Gasteiger charge is -2.21. The van der Waals surface area contributed by atoms with Crippen LogP contribution in [0.4, 0.5) is 4.79 Å². The zero-order valence-electron chi connectivity index (χ0n) is 11.5. The lowest BCUT2D eigenvalue weighted by molar-refractivity contribution is 0.0524. The molecule has 17 heavy (non-hydrogen) atoms. The summed E-state index contributed by atoms with van der Waals surface area (Å²) in [5.41, 5.74) is -0.412. The van der Waals surface area contributed by atoms with Crippen molar-refractivity contribution in [3.8, 4) is 0 Å². The van der Waals surface area contributed by atoms with Gasteiger partial charge in [0.2, 0.25) is 0 Å². The Morgan fingerprint density at radius 1 is 1.53 bits per heavy atom. The Kier molecular flexibility index (Phi) is 5.25. The summed E-state index contributed by atoms with van der Waals surface area (Å²) in [6.07, 6.45) is 1.97. The van der Waals surface area contributed by atoms with Gasteiger partial charge in [0.05, 0.1) is 0 Å². The predicted octanol–water partition coefficient (Wildman–Crippen LogP) is 2.15. The maximum Gasteiger partial charge on any atom is 0.407 e. The van der Waals surface area contributed by atoms with Crippen LogP contribution in [-0.2, 0) is 4.74 Å². The molecule has 0 saturated carbocycles. The van der Waals surface area contributed by atoms with Crippen LogP contribution in [-0.4, -0.2) is 31.3 Å². The number of hydrogen-bond acceptors (Lipinski definition) is 3. The Bertz CT molecular complexity index is 242. The molecule has 0 spiro atoms. The molecule has 2 N–H and O–H groups in total. The van der Waals surface area contributed by atoms with Gasteiger partial charge in [0.15, 0.2) is 0 Å². The van der Waals surface area contributed by atoms with Crippen molar-refractivity contribution < 1.29 is 9.53 Å². The molecule has 0 unspecified atom stereocenters. The van der Waals surface area contributed by atoms with Crippen LogP contribution >= 0.6 is 0 Å². The van der Waals surface area contributed by atoms with Crippen molar-refractivity contribution in [2.45, 2.75) is 46.1 Å². The second-order valence-corrected chi connectivity index (χ2v) is 5.95. The molecule has 1 aliphatic heterocycles. The van der Waals surface area contributed by atoms with Crippen LogP contribution in [0.25, 0.3) is 0 Å². The number of carbonyl (C=O) groups is 1. The molecular formula is C13H26N2O2. The zero-order valence-corrected chi connectivity index (χ0v) is 11.5. The molecule has 1 rings (SSSR count). The Morgan fingerprint density at radius 3 is 2.76 bits per heavy atom. The fourth-order valence-electron chi connectivity index (χ4n) is 2.11. The maximum absolute atomic E-state index is 11.4. The molecule has 1 amide bonds. The van der Waals surface area contributed by atoms with E-state index in [2.05, 4.69) is 17.6 Å². The van der Waals surface area contributed by atoms with Gasteiger partial charge in [-0.3, -0.25) is 0 Å². The summed E-state index contributed by atoms with van der Waals surface area (Å²) in [5.74, 6) is 1.41. The zero-order chi connectivity index (χ0) is 12.9. The van der Waals surface area contributed by atoms with Gasteiger partial charge in [-0.2, -0.15) is 0 Å². The third-order valence-corrected chi connectivity index (χ3v) is 3.17. The van der Waals surface area contributed by atoms with Crippen molar-refractivity contribution in [1.29, 1.82) is 0 Å². The standard InChI is InChI=1S/C13H26N2O2/c1-10(11-6-7-14-9-11)5-8-15-12(16)17-13(2,3)4/h10-11,14H,5-9H2,1-4H3,(H,15,16)/t10-,11-/m0/s1. The number of amides is 1. The fraction of sp³-hybridized carbons (Fsp3) is 0.923. The van der Waals surface area contributed by atoms with Gasteiger partial charge in [0, 0.05) is 6.54 Å². The van der Waals surface area contributed by atoms with Crippen LogP contribution in [0.3, 0.4) is 0 Å². The van der Waals surface area contributed by atoms with Crippen LogP contribution in [0.15, 0.2) is 0 Å². The molecule has 0 aromatic rings. The molecule has 0 aliphatic carbocycles. The Hall–Kier alpha value is -0.770. The van der Waals surface area contributed by atoms with Crippen molar-refractivity contribution in [3.05, 3.63) is 0 Å². The monoisotopic (exact) mass is 242 g/mol. The average molecular weight is 242 g/mol. The van der Waals surface area contributed by atoms with E-state index in [1.54, 1.807) is 0 Å². The minimum absolute atomic E-state index is 0.311. The third-order valence-electron chi connectivity index (χ3n) is 3.17. The van der Waals surface area contributed by atoms with Gasteiger partial charge in [0.1, 0.15) is 5.60 Å². The SMILES string of the molecule is C[C@@H](CCNC(=O)OC(C)(C)C)[C@H]1CCNC1. The van der Waals surface area contributed by atoms with E-state index in [0.717, 1.165) is 25.4 Å². The van der Waals surface area contributed by atoms with E-state index in [9.17, 15) is 4.79 Å². The van der Waals surface area contributed by atoms with Gasteiger partial charge in [-0.15, -0.1) is 0 Å². The number of carbonyl (C=O) groups excluding carboxylic acids is 1. The molecule has 1 aliphatic rings. The minimum atomic E-state index is -0.412. The molecule has 1 heterocycles. The van der Waals surface area contributed by atoms with E-state index >= 15 is 0 Å². The highest BCUT2D eigenvalue weighted by Crippen LogP contribution is 2.20. The number of hydrogen-bond donors (Lipinski definition) is 2. The smallest absolute Gasteiger partial charge is 0.407 e. The van der Waals surface area contributed by atoms with Gasteiger partial charge in [-0.05, 0) is 58.5 Å². The van der Waals surface area contributed by atoms with E-state index in [0.29, 0.717) is 12.5 Å². The van der Waals surface area contributed by atoms with Crippen LogP contribution in [0.2, 0.25) is 0 Å². The van der Waals surface area contributed by atoms with Gasteiger partial charge in [0.25, 0.3) is 0 Å². The molecule has 4 nitrogen and oxygen atoms in total. The fourth-order valence-corrected chi connectivity index (χ4v) is 2.11. The molecule has 1 fully saturated rings. The summed E-state index contributed by atoms with van der Waals surface area (Å²) in [6, 6.07) is 0. The number of nitrogens with one attached hydrogen (secondary N) is 2. The molecule has 100 valence electrons. The van der Waals surface area contributed by atoms with Crippen molar-refractivity contribution in [2.75, 3.05) is 19.6 Å². The van der Waals surface area contributed by atoms with E-state index < -0.39 is 5.60 Å². The van der Waals surface area contributed by atoms with Crippen LogP contribution in [0.5, 0.6) is 0 Å². The highest BCUT2D eigenvalue weighted by atomic mass is 16.6. The predicted molar refractivity (Wildman–Crippen MR) is 69.0 cm³/mol. The average Bonchev–Trinajstić information content (AvgIpc) is 2.66. The minimum Gasteiger partial charge on any atom is -0.444 e. The van der Waals surface area contributed by atoms with Crippen molar-refractivity contribution in [1.82, 2.24) is 10.6 Å². The Balaban J connectivity index is 2.12. The second-order valence-electron chi connectivity index (χ2n) is 5.95. The van der Waals surface area contributed by atoms with Crippen LogP contribution in [0, 0.1) is 11.8 Å². The van der Waals surface area contributed by atoms with Crippen LogP contribution in [0.1, 0.15) is 40.5 Å². The van der Waals surface area contributed by atoms with Crippen molar-refractivity contribution in [3.63, 3.8) is 0 Å². The molecule has 1 saturated heterocycles. The van der Waals surface area contributed by atoms with Gasteiger partial charge in [-0.1, -0.05) is 6.92 Å². The first-order valence-electron chi connectivity index (χ1n) is 6.56. The van der Waals surface area contributed by atoms with Gasteiger partial charge < -0.3 is 15.4 Å². The first-order valence-corrected chi connectivity index (χ1v) is 6.56. The highest BCUT2D eigenvalue weighted by Gasteiger charge is 2.21. The number of rotatable bonds is 4. The summed E-state index contributed by atoms with van der Waals surface area (Å²) in [7, 11) is 0. The summed E-state index contributed by atoms with van der Waals surface area (Å²) < 4.78 is 5.18. The second kappa shape index (κ2) is 6.24. The normalized spacial score (nSPS) is 22.2. The van der Waals surface area contributed by atoms with Gasteiger partial charge in [-0.25, -0.2) is 4.79 Å². The topological polar surface area (TPSA) is 50.4 Å². The molecule has 0 bridgehead atoms. The lowest BCUT2D eigenvalue weighted by Crippen LogP contribution is -2.34. The highest BCUT2D eigenvalue weighted by molar-refractivity contribution is 5.67. The first-order chi connectivity index (χ1) is 7.88. The number of ether oxygens (including phenoxy) is 1. The summed E-state index contributed by atoms with van der Waals surface area (Å²) >= 11 is 0. The number of alkyl carbamates (subject to hydrolysis) is 1. The summed E-state index contributed by atoms with van der Waals surface area (Å²) in [4.78, 5) is 11.4. The van der Waals surface area contributed by atoms with E-state index in [-0.39, 0.29) is 6.09 Å². The quantitative estimate of drug-likeness (QED) is 0.794. The summed E-state index contributed by atoms with van der Waals surface area (Å²) in [5, 5.41) is 6.18. The third kappa shape index (κ3) is 5.91. The lowest BCUT2D eigenvalue weighted by atomic mass is 9.90. The molecule has 0 aromatic carbocycles. The summed E-state index contributed by atoms with van der Waals surface area (Å²) in [6.45, 7) is 10.8. The molecule has 0 aromatic heterocycles. The Labute approximate surface area is 104 Å².